The topological polar surface area (TPSA) is 64.8 Å². The summed E-state index contributed by atoms with van der Waals surface area (Å²) in [7, 11) is 3.07. The summed E-state index contributed by atoms with van der Waals surface area (Å²) in [5.41, 5.74) is 8.99. The number of ether oxygens (including phenoxy) is 2. The fourth-order valence-corrected chi connectivity index (χ4v) is 2.53. The van der Waals surface area contributed by atoms with Crippen molar-refractivity contribution in [1.82, 2.24) is 4.90 Å². The molecule has 1 aliphatic rings. The molecule has 1 aliphatic heterocycles. The maximum atomic E-state index is 11.6. The van der Waals surface area contributed by atoms with E-state index in [0.29, 0.717) is 6.54 Å². The van der Waals surface area contributed by atoms with Crippen LogP contribution in [0.1, 0.15) is 18.1 Å². The quantitative estimate of drug-likeness (QED) is 0.656. The number of carbonyl (C=O) groups is 1. The minimum atomic E-state index is -0.260. The lowest BCUT2D eigenvalue weighted by molar-refractivity contribution is -0.146. The van der Waals surface area contributed by atoms with Gasteiger partial charge >= 0.3 is 5.97 Å². The van der Waals surface area contributed by atoms with E-state index in [9.17, 15) is 4.79 Å². The monoisotopic (exact) mass is 264 g/mol. The van der Waals surface area contributed by atoms with E-state index in [4.69, 9.17) is 15.2 Å². The van der Waals surface area contributed by atoms with Crippen LogP contribution in [0.2, 0.25) is 0 Å². The Balaban J connectivity index is 2.27. The summed E-state index contributed by atoms with van der Waals surface area (Å²) in [6.07, 6.45) is 0.824. The number of fused-ring (bicyclic) bond motifs is 1. The molecular weight excluding hydrogens is 244 g/mol. The Morgan fingerprint density at radius 3 is 2.74 bits per heavy atom. The minimum absolute atomic E-state index is 0.218. The number of nitrogen functional groups attached to an aromatic ring is 1. The number of anilines is 1. The van der Waals surface area contributed by atoms with Crippen molar-refractivity contribution >= 4 is 11.7 Å². The molecule has 1 heterocycles. The minimum Gasteiger partial charge on any atom is -0.496 e. The van der Waals surface area contributed by atoms with E-state index in [0.717, 1.165) is 35.5 Å². The average molecular weight is 264 g/mol. The summed E-state index contributed by atoms with van der Waals surface area (Å²) < 4.78 is 10.2. The number of nitrogens with zero attached hydrogens (tertiary/aromatic N) is 1. The van der Waals surface area contributed by atoms with Gasteiger partial charge in [-0.25, -0.2) is 0 Å². The molecule has 2 rings (SSSR count). The zero-order valence-corrected chi connectivity index (χ0v) is 11.6. The van der Waals surface area contributed by atoms with Gasteiger partial charge < -0.3 is 15.2 Å². The number of methoxy groups -OCH3 is 2. The summed E-state index contributed by atoms with van der Waals surface area (Å²) in [6, 6.07) is 3.49. The normalized spacial score (nSPS) is 16.6. The lowest BCUT2D eigenvalue weighted by Gasteiger charge is -2.33. The number of nitrogens with two attached hydrogens (primary N) is 1. The van der Waals surface area contributed by atoms with Crippen molar-refractivity contribution in [2.45, 2.75) is 25.9 Å². The molecule has 1 aromatic rings. The first-order valence-corrected chi connectivity index (χ1v) is 6.34. The first-order chi connectivity index (χ1) is 9.08. The summed E-state index contributed by atoms with van der Waals surface area (Å²) in [5.74, 6) is 0.652. The number of esters is 1. The van der Waals surface area contributed by atoms with E-state index in [-0.39, 0.29) is 12.0 Å². The SMILES string of the molecule is COC(=O)C(C)N1CCc2c(OC)ccc(N)c2C1. The van der Waals surface area contributed by atoms with Gasteiger partial charge in [0, 0.05) is 24.3 Å². The Morgan fingerprint density at radius 1 is 1.37 bits per heavy atom. The van der Waals surface area contributed by atoms with E-state index < -0.39 is 0 Å². The molecule has 0 aromatic heterocycles. The Hall–Kier alpha value is -1.75. The fraction of sp³-hybridized carbons (Fsp3) is 0.500. The van der Waals surface area contributed by atoms with Gasteiger partial charge in [-0.3, -0.25) is 9.69 Å². The van der Waals surface area contributed by atoms with Crippen LogP contribution in [0.15, 0.2) is 12.1 Å². The summed E-state index contributed by atoms with van der Waals surface area (Å²) in [5, 5.41) is 0. The number of carbonyl (C=O) groups excluding carboxylic acids is 1. The first-order valence-electron chi connectivity index (χ1n) is 6.34. The summed E-state index contributed by atoms with van der Waals surface area (Å²) in [4.78, 5) is 13.7. The van der Waals surface area contributed by atoms with E-state index in [2.05, 4.69) is 4.90 Å². The second-order valence-corrected chi connectivity index (χ2v) is 4.73. The predicted octanol–water partition coefficient (Wildman–Crippen LogP) is 1.20. The van der Waals surface area contributed by atoms with Crippen LogP contribution in [-0.2, 0) is 22.5 Å². The molecule has 0 saturated heterocycles. The van der Waals surface area contributed by atoms with Gasteiger partial charge in [-0.05, 0) is 31.0 Å². The largest absolute Gasteiger partial charge is 0.496 e. The molecule has 0 bridgehead atoms. The van der Waals surface area contributed by atoms with Gasteiger partial charge in [-0.15, -0.1) is 0 Å². The Morgan fingerprint density at radius 2 is 2.11 bits per heavy atom. The van der Waals surface area contributed by atoms with Gasteiger partial charge in [0.25, 0.3) is 0 Å². The van der Waals surface area contributed by atoms with Crippen molar-refractivity contribution in [1.29, 1.82) is 0 Å². The van der Waals surface area contributed by atoms with Gasteiger partial charge in [0.1, 0.15) is 11.8 Å². The van der Waals surface area contributed by atoms with Crippen molar-refractivity contribution in [3.8, 4) is 5.75 Å². The van der Waals surface area contributed by atoms with Gasteiger partial charge in [-0.2, -0.15) is 0 Å². The highest BCUT2D eigenvalue weighted by Gasteiger charge is 2.28. The molecule has 0 radical (unpaired) electrons. The first kappa shape index (κ1) is 13.7. The van der Waals surface area contributed by atoms with Crippen molar-refractivity contribution in [2.24, 2.45) is 0 Å². The smallest absolute Gasteiger partial charge is 0.322 e. The standard InChI is InChI=1S/C14H20N2O3/c1-9(14(17)19-3)16-7-6-10-11(8-16)12(15)4-5-13(10)18-2/h4-5,9H,6-8,15H2,1-3H3. The number of benzene rings is 1. The maximum Gasteiger partial charge on any atom is 0.322 e. The second-order valence-electron chi connectivity index (χ2n) is 4.73. The maximum absolute atomic E-state index is 11.6. The molecular formula is C14H20N2O3. The molecule has 5 heteroatoms. The molecule has 1 unspecified atom stereocenters. The van der Waals surface area contributed by atoms with E-state index in [1.807, 2.05) is 19.1 Å². The van der Waals surface area contributed by atoms with E-state index >= 15 is 0 Å². The molecule has 0 spiro atoms. The molecule has 5 nitrogen and oxygen atoms in total. The predicted molar refractivity (Wildman–Crippen MR) is 73.0 cm³/mol. The van der Waals surface area contributed by atoms with Crippen LogP contribution in [0, 0.1) is 0 Å². The molecule has 1 aromatic carbocycles. The van der Waals surface area contributed by atoms with Gasteiger partial charge in [0.05, 0.1) is 14.2 Å². The molecule has 19 heavy (non-hydrogen) atoms. The lowest BCUT2D eigenvalue weighted by Crippen LogP contribution is -2.42. The van der Waals surface area contributed by atoms with Crippen molar-refractivity contribution in [3.63, 3.8) is 0 Å². The molecule has 1 atom stereocenters. The highest BCUT2D eigenvalue weighted by molar-refractivity contribution is 5.75. The van der Waals surface area contributed by atoms with Gasteiger partial charge in [0.2, 0.25) is 0 Å². The van der Waals surface area contributed by atoms with Crippen LogP contribution in [-0.4, -0.2) is 37.7 Å². The molecule has 0 saturated carbocycles. The average Bonchev–Trinajstić information content (AvgIpc) is 2.46. The number of hydrogen-bond acceptors (Lipinski definition) is 5. The van der Waals surface area contributed by atoms with Crippen LogP contribution in [0.3, 0.4) is 0 Å². The van der Waals surface area contributed by atoms with Crippen molar-refractivity contribution in [2.75, 3.05) is 26.5 Å². The third kappa shape index (κ3) is 2.51. The Kier molecular flexibility index (Phi) is 3.95. The van der Waals surface area contributed by atoms with Crippen LogP contribution in [0.4, 0.5) is 5.69 Å². The van der Waals surface area contributed by atoms with Gasteiger partial charge in [-0.1, -0.05) is 0 Å². The summed E-state index contributed by atoms with van der Waals surface area (Å²) >= 11 is 0. The fourth-order valence-electron chi connectivity index (χ4n) is 2.53. The van der Waals surface area contributed by atoms with Gasteiger partial charge in [0.15, 0.2) is 0 Å². The van der Waals surface area contributed by atoms with Crippen LogP contribution >= 0.6 is 0 Å². The zero-order chi connectivity index (χ0) is 14.0. The molecule has 0 amide bonds. The third-order valence-corrected chi connectivity index (χ3v) is 3.74. The molecule has 2 N–H and O–H groups in total. The number of rotatable bonds is 3. The highest BCUT2D eigenvalue weighted by Crippen LogP contribution is 2.32. The van der Waals surface area contributed by atoms with Crippen molar-refractivity contribution in [3.05, 3.63) is 23.3 Å². The molecule has 0 fully saturated rings. The molecule has 104 valence electrons. The number of hydrogen-bond donors (Lipinski definition) is 1. The van der Waals surface area contributed by atoms with Crippen molar-refractivity contribution < 1.29 is 14.3 Å². The van der Waals surface area contributed by atoms with Crippen LogP contribution in [0.5, 0.6) is 5.75 Å². The highest BCUT2D eigenvalue weighted by atomic mass is 16.5. The van der Waals surface area contributed by atoms with Crippen LogP contribution in [0.25, 0.3) is 0 Å². The van der Waals surface area contributed by atoms with E-state index in [1.165, 1.54) is 7.11 Å². The second kappa shape index (κ2) is 5.48. The summed E-state index contributed by atoms with van der Waals surface area (Å²) in [6.45, 7) is 3.30. The zero-order valence-electron chi connectivity index (χ0n) is 11.6. The van der Waals surface area contributed by atoms with E-state index in [1.54, 1.807) is 7.11 Å². The lowest BCUT2D eigenvalue weighted by atomic mass is 9.96. The Bertz CT molecular complexity index is 488. The molecule has 0 aliphatic carbocycles. The Labute approximate surface area is 113 Å². The third-order valence-electron chi connectivity index (χ3n) is 3.74. The van der Waals surface area contributed by atoms with Crippen LogP contribution < -0.4 is 10.5 Å².